The zero-order valence-electron chi connectivity index (χ0n) is 18.4. The minimum atomic E-state index is -5.22. The summed E-state index contributed by atoms with van der Waals surface area (Å²) >= 11 is 0. The van der Waals surface area contributed by atoms with Crippen LogP contribution in [0, 0.1) is 0 Å². The first-order valence-corrected chi connectivity index (χ1v) is 12.8. The van der Waals surface area contributed by atoms with E-state index in [0.717, 1.165) is 0 Å². The molecule has 31 heavy (non-hydrogen) atoms. The van der Waals surface area contributed by atoms with E-state index in [4.69, 9.17) is 39.1 Å². The molecular weight excluding hydrogens is 663 g/mol. The maximum Gasteiger partial charge on any atom is 0.382 e. The average molecular weight is 681 g/mol. The van der Waals surface area contributed by atoms with Crippen molar-refractivity contribution in [3.8, 4) is 0 Å². The minimum Gasteiger partial charge on any atom is -0.320 e. The van der Waals surface area contributed by atoms with Crippen molar-refractivity contribution in [1.29, 1.82) is 0 Å². The van der Waals surface area contributed by atoms with Crippen LogP contribution in [0.15, 0.2) is 9.98 Å². The molecule has 0 saturated carbocycles. The van der Waals surface area contributed by atoms with Crippen LogP contribution >= 0.6 is 30.4 Å². The molecule has 0 unspecified atom stereocenters. The molecular formula is C7H18K6N2O12P4. The molecule has 6 radical (unpaired) electrons. The maximum atomic E-state index is 10.9. The Morgan fingerprint density at radius 2 is 0.645 bits per heavy atom. The van der Waals surface area contributed by atoms with Crippen molar-refractivity contribution in [3.63, 3.8) is 0 Å². The van der Waals surface area contributed by atoms with Gasteiger partial charge >= 0.3 is 30.4 Å². The van der Waals surface area contributed by atoms with Gasteiger partial charge in [0.05, 0.1) is 0 Å². The molecule has 0 aliphatic carbocycles. The molecule has 0 fully saturated rings. The Morgan fingerprint density at radius 1 is 0.452 bits per heavy atom. The number of hydrogen-bond donors (Lipinski definition) is 8. The summed E-state index contributed by atoms with van der Waals surface area (Å²) in [4.78, 5) is 76.7. The van der Waals surface area contributed by atoms with Crippen LogP contribution < -0.4 is 0 Å². The van der Waals surface area contributed by atoms with E-state index in [1.54, 1.807) is 0 Å². The van der Waals surface area contributed by atoms with Crippen LogP contribution in [-0.4, -0.2) is 371 Å². The van der Waals surface area contributed by atoms with E-state index in [1.807, 2.05) is 0 Å². The van der Waals surface area contributed by atoms with Crippen molar-refractivity contribution in [3.05, 3.63) is 0 Å². The molecule has 0 bridgehead atoms. The molecule has 0 rings (SSSR count). The predicted molar refractivity (Wildman–Crippen MR) is 121 cm³/mol. The van der Waals surface area contributed by atoms with Gasteiger partial charge in [0.15, 0.2) is 0 Å². The van der Waals surface area contributed by atoms with Gasteiger partial charge in [-0.05, 0) is 19.3 Å². The Hall–Kier alpha value is 9.76. The Bertz CT molecular complexity index is 621. The summed E-state index contributed by atoms with van der Waals surface area (Å²) in [6.07, 6.45) is 0.360. The van der Waals surface area contributed by atoms with Gasteiger partial charge < -0.3 is 39.1 Å². The van der Waals surface area contributed by atoms with Crippen LogP contribution in [0.4, 0.5) is 0 Å². The van der Waals surface area contributed by atoms with E-state index in [9.17, 15) is 18.3 Å². The molecule has 0 aromatic rings. The second-order valence-electron chi connectivity index (χ2n) is 4.60. The number of rotatable bonds is 10. The summed E-state index contributed by atoms with van der Waals surface area (Å²) in [7, 11) is -20.9. The molecule has 0 aromatic heterocycles. The third kappa shape index (κ3) is 29.6. The fraction of sp³-hybridized carbons (Fsp3) is 0.714. The molecule has 0 aliphatic heterocycles. The van der Waals surface area contributed by atoms with Gasteiger partial charge in [0.25, 0.3) is 0 Å². The smallest absolute Gasteiger partial charge is 0.320 e. The number of nitrogens with zero attached hydrogens (tertiary/aromatic N) is 2. The second-order valence-corrected chi connectivity index (χ2v) is 11.4. The molecule has 0 amide bonds. The van der Waals surface area contributed by atoms with Crippen molar-refractivity contribution in [2.75, 3.05) is 13.1 Å². The van der Waals surface area contributed by atoms with Crippen molar-refractivity contribution in [1.82, 2.24) is 0 Å². The number of aliphatic imine (C=N–C) groups is 2. The Labute approximate surface area is 434 Å². The minimum absolute atomic E-state index is 0. The molecule has 154 valence electrons. The molecule has 14 nitrogen and oxygen atoms in total. The van der Waals surface area contributed by atoms with Gasteiger partial charge in [-0.25, -0.2) is 0 Å². The van der Waals surface area contributed by atoms with Crippen LogP contribution in [0.2, 0.25) is 0 Å². The van der Waals surface area contributed by atoms with Gasteiger partial charge in [0, 0.05) is 321 Å². The van der Waals surface area contributed by atoms with Crippen molar-refractivity contribution in [2.24, 2.45) is 9.98 Å². The van der Waals surface area contributed by atoms with Gasteiger partial charge in [-0.3, -0.25) is 28.2 Å². The van der Waals surface area contributed by atoms with Gasteiger partial charge in [0.2, 0.25) is 10.4 Å². The van der Waals surface area contributed by atoms with Crippen LogP contribution in [0.3, 0.4) is 0 Å². The third-order valence-corrected chi connectivity index (χ3v) is 8.14. The maximum absolute atomic E-state index is 10.9. The zero-order valence-corrected chi connectivity index (χ0v) is 40.7. The SMILES string of the molecule is O=P(O)(O)C(=NCCCCCN=C(P(=O)(O)O)P(=O)(O)O)P(=O)(O)O.[K].[K].[K].[K].[K].[K]. The summed E-state index contributed by atoms with van der Waals surface area (Å²) in [5.41, 5.74) is 0. The van der Waals surface area contributed by atoms with Crippen molar-refractivity contribution in [2.45, 2.75) is 19.3 Å². The second kappa shape index (κ2) is 27.3. The summed E-state index contributed by atoms with van der Waals surface area (Å²) in [5.74, 6) is 0. The van der Waals surface area contributed by atoms with Crippen LogP contribution in [-0.2, 0) is 18.3 Å². The standard InChI is InChI=1S/C7H18N2O12P4.6K/c10-22(11,12)6(23(13,14)15)8-4-2-1-3-5-9-7(24(16,17)18)25(19,20)21;;;;;;/h1-5H2,(H2,10,11,12)(H2,13,14,15)(H2,16,17,18)(H2,19,20,21);;;;;;. The first-order valence-electron chi connectivity index (χ1n) is 6.30. The Morgan fingerprint density at radius 3 is 0.806 bits per heavy atom. The summed E-state index contributed by atoms with van der Waals surface area (Å²) < 4.78 is 43.7. The van der Waals surface area contributed by atoms with E-state index in [-0.39, 0.29) is 341 Å². The topological polar surface area (TPSA) is 255 Å². The summed E-state index contributed by atoms with van der Waals surface area (Å²) in [5, 5.41) is -3.08. The van der Waals surface area contributed by atoms with Gasteiger partial charge in [-0.1, -0.05) is 0 Å². The quantitative estimate of drug-likeness (QED) is 0.0508. The van der Waals surface area contributed by atoms with Crippen LogP contribution in [0.25, 0.3) is 0 Å². The van der Waals surface area contributed by atoms with E-state index >= 15 is 0 Å². The van der Waals surface area contributed by atoms with Gasteiger partial charge in [-0.15, -0.1) is 0 Å². The van der Waals surface area contributed by atoms with Crippen molar-refractivity contribution >= 4 is 349 Å². The van der Waals surface area contributed by atoms with E-state index in [2.05, 4.69) is 9.98 Å². The number of hydrogen-bond acceptors (Lipinski definition) is 6. The molecule has 0 aromatic carbocycles. The molecule has 0 heterocycles. The molecule has 0 aliphatic rings. The monoisotopic (exact) mass is 680 g/mol. The van der Waals surface area contributed by atoms with E-state index < -0.39 is 40.8 Å². The van der Waals surface area contributed by atoms with Crippen LogP contribution in [0.1, 0.15) is 19.3 Å². The fourth-order valence-electron chi connectivity index (χ4n) is 1.47. The molecule has 0 spiro atoms. The van der Waals surface area contributed by atoms with Crippen molar-refractivity contribution < 1.29 is 57.4 Å². The first-order chi connectivity index (χ1) is 11.0. The molecule has 8 N–H and O–H groups in total. The summed E-state index contributed by atoms with van der Waals surface area (Å²) in [6, 6.07) is 0. The predicted octanol–water partition coefficient (Wildman–Crippen LogP) is -2.71. The summed E-state index contributed by atoms with van der Waals surface area (Å²) in [6.45, 7) is -0.696. The molecule has 0 saturated heterocycles. The normalized spacial score (nSPS) is 10.8. The van der Waals surface area contributed by atoms with Gasteiger partial charge in [-0.2, -0.15) is 0 Å². The Balaban J connectivity index is -0.000000192. The van der Waals surface area contributed by atoms with E-state index in [0.29, 0.717) is 0 Å². The third-order valence-electron chi connectivity index (χ3n) is 2.36. The largest absolute Gasteiger partial charge is 0.382 e. The van der Waals surface area contributed by atoms with Gasteiger partial charge in [0.1, 0.15) is 0 Å². The Kier molecular flexibility index (Phi) is 49.8. The zero-order chi connectivity index (χ0) is 20.1. The van der Waals surface area contributed by atoms with Crippen LogP contribution in [0.5, 0.6) is 0 Å². The van der Waals surface area contributed by atoms with E-state index in [1.165, 1.54) is 0 Å². The fourth-order valence-corrected chi connectivity index (χ4v) is 5.32. The molecule has 0 atom stereocenters. The average Bonchev–Trinajstić information content (AvgIpc) is 2.30. The first kappa shape index (κ1) is 56.5. The molecule has 24 heteroatoms. The number of unbranched alkanes of at least 4 members (excludes halogenated alkanes) is 2.